The molecule has 0 fully saturated rings. The Hall–Kier alpha value is -1.03. The van der Waals surface area contributed by atoms with E-state index in [1.807, 2.05) is 19.9 Å². The summed E-state index contributed by atoms with van der Waals surface area (Å²) >= 11 is 3.45. The van der Waals surface area contributed by atoms with Crippen LogP contribution in [0.4, 0.5) is 5.69 Å². The number of anilines is 1. The van der Waals surface area contributed by atoms with Crippen LogP contribution in [0, 0.1) is 13.8 Å². The van der Waals surface area contributed by atoms with E-state index >= 15 is 0 Å². The lowest BCUT2D eigenvalue weighted by Crippen LogP contribution is -2.35. The maximum atomic E-state index is 11.5. The second kappa shape index (κ2) is 3.52. The van der Waals surface area contributed by atoms with Gasteiger partial charge in [0.1, 0.15) is 5.75 Å². The minimum Gasteiger partial charge on any atom is -0.478 e. The summed E-state index contributed by atoms with van der Waals surface area (Å²) in [7, 11) is 0. The zero-order valence-electron chi connectivity index (χ0n) is 8.85. The van der Waals surface area contributed by atoms with Crippen molar-refractivity contribution in [3.05, 3.63) is 21.7 Å². The van der Waals surface area contributed by atoms with E-state index in [1.54, 1.807) is 6.92 Å². The molecule has 15 heavy (non-hydrogen) atoms. The summed E-state index contributed by atoms with van der Waals surface area (Å²) in [6, 6.07) is 2.00. The van der Waals surface area contributed by atoms with Gasteiger partial charge in [0.25, 0.3) is 5.91 Å². The molecule has 0 bridgehead atoms. The summed E-state index contributed by atoms with van der Waals surface area (Å²) in [4.78, 5) is 11.5. The van der Waals surface area contributed by atoms with Gasteiger partial charge in [0.2, 0.25) is 0 Å². The Morgan fingerprint density at radius 2 is 2.13 bits per heavy atom. The molecule has 1 unspecified atom stereocenters. The minimum atomic E-state index is -0.420. The van der Waals surface area contributed by atoms with Crippen molar-refractivity contribution in [3.63, 3.8) is 0 Å². The molecule has 1 aromatic carbocycles. The number of rotatable bonds is 0. The van der Waals surface area contributed by atoms with E-state index in [1.165, 1.54) is 0 Å². The predicted molar refractivity (Wildman–Crippen MR) is 62.3 cm³/mol. The average molecular weight is 270 g/mol. The number of halogens is 1. The van der Waals surface area contributed by atoms with Gasteiger partial charge in [-0.3, -0.25) is 4.79 Å². The van der Waals surface area contributed by atoms with Crippen molar-refractivity contribution in [2.24, 2.45) is 0 Å². The summed E-state index contributed by atoms with van der Waals surface area (Å²) in [5.41, 5.74) is 2.80. The summed E-state index contributed by atoms with van der Waals surface area (Å²) in [5.74, 6) is 0.686. The third-order valence-electron chi connectivity index (χ3n) is 2.57. The Balaban J connectivity index is 2.61. The molecule has 1 atom stereocenters. The number of hydrogen-bond acceptors (Lipinski definition) is 2. The fraction of sp³-hybridized carbons (Fsp3) is 0.364. The highest BCUT2D eigenvalue weighted by Crippen LogP contribution is 2.39. The first-order valence-electron chi connectivity index (χ1n) is 4.78. The zero-order chi connectivity index (χ0) is 11.2. The lowest BCUT2D eigenvalue weighted by molar-refractivity contribution is -0.122. The van der Waals surface area contributed by atoms with Crippen LogP contribution in [0.15, 0.2) is 10.5 Å². The standard InChI is InChI=1S/C11H12BrNO2/c1-5-4-8(12)6(2)9-10(5)15-7(3)11(14)13-9/h4,7H,1-3H3,(H,13,14). The van der Waals surface area contributed by atoms with Gasteiger partial charge >= 0.3 is 0 Å². The van der Waals surface area contributed by atoms with Crippen molar-refractivity contribution >= 4 is 27.5 Å². The van der Waals surface area contributed by atoms with Gasteiger partial charge in [0.05, 0.1) is 5.69 Å². The Kier molecular flexibility index (Phi) is 2.46. The van der Waals surface area contributed by atoms with Crippen LogP contribution in [-0.4, -0.2) is 12.0 Å². The predicted octanol–water partition coefficient (Wildman–Crippen LogP) is 2.79. The molecule has 2 rings (SSSR count). The first-order chi connectivity index (χ1) is 7.00. The van der Waals surface area contributed by atoms with E-state index in [2.05, 4.69) is 21.2 Å². The van der Waals surface area contributed by atoms with Crippen LogP contribution in [0.1, 0.15) is 18.1 Å². The average Bonchev–Trinajstić information content (AvgIpc) is 2.18. The van der Waals surface area contributed by atoms with Gasteiger partial charge in [-0.25, -0.2) is 0 Å². The van der Waals surface area contributed by atoms with Crippen LogP contribution < -0.4 is 10.1 Å². The number of nitrogens with one attached hydrogen (secondary N) is 1. The summed E-state index contributed by atoms with van der Waals surface area (Å²) in [6.45, 7) is 5.66. The molecule has 0 aliphatic carbocycles. The summed E-state index contributed by atoms with van der Waals surface area (Å²) < 4.78 is 6.56. The van der Waals surface area contributed by atoms with Crippen LogP contribution >= 0.6 is 15.9 Å². The molecule has 0 saturated heterocycles. The van der Waals surface area contributed by atoms with E-state index in [4.69, 9.17) is 4.74 Å². The second-order valence-electron chi connectivity index (χ2n) is 3.75. The van der Waals surface area contributed by atoms with Gasteiger partial charge < -0.3 is 10.1 Å². The van der Waals surface area contributed by atoms with Crippen molar-refractivity contribution < 1.29 is 9.53 Å². The molecule has 4 heteroatoms. The molecule has 0 radical (unpaired) electrons. The molecule has 0 spiro atoms. The third kappa shape index (κ3) is 1.63. The van der Waals surface area contributed by atoms with Gasteiger partial charge in [-0.1, -0.05) is 15.9 Å². The van der Waals surface area contributed by atoms with Crippen LogP contribution in [0.2, 0.25) is 0 Å². The fourth-order valence-corrected chi connectivity index (χ4v) is 2.15. The Morgan fingerprint density at radius 1 is 1.47 bits per heavy atom. The van der Waals surface area contributed by atoms with E-state index in [0.717, 1.165) is 27.0 Å². The Labute approximate surface area is 96.9 Å². The molecular formula is C11H12BrNO2. The highest BCUT2D eigenvalue weighted by Gasteiger charge is 2.26. The summed E-state index contributed by atoms with van der Waals surface area (Å²) in [5, 5.41) is 2.87. The highest BCUT2D eigenvalue weighted by atomic mass is 79.9. The summed E-state index contributed by atoms with van der Waals surface area (Å²) in [6.07, 6.45) is -0.420. The van der Waals surface area contributed by atoms with E-state index in [0.29, 0.717) is 0 Å². The number of hydrogen-bond donors (Lipinski definition) is 1. The SMILES string of the molecule is Cc1cc(Br)c(C)c2c1OC(C)C(=O)N2. The van der Waals surface area contributed by atoms with Crippen LogP contribution in [0.3, 0.4) is 0 Å². The Morgan fingerprint density at radius 3 is 2.80 bits per heavy atom. The monoisotopic (exact) mass is 269 g/mol. The van der Waals surface area contributed by atoms with E-state index < -0.39 is 6.10 Å². The molecular weight excluding hydrogens is 258 g/mol. The molecule has 1 N–H and O–H groups in total. The zero-order valence-corrected chi connectivity index (χ0v) is 10.4. The number of carbonyl (C=O) groups excluding carboxylic acids is 1. The molecule has 3 nitrogen and oxygen atoms in total. The third-order valence-corrected chi connectivity index (χ3v) is 3.40. The highest BCUT2D eigenvalue weighted by molar-refractivity contribution is 9.10. The first-order valence-corrected chi connectivity index (χ1v) is 5.57. The number of ether oxygens (including phenoxy) is 1. The molecule has 1 aromatic rings. The van der Waals surface area contributed by atoms with Gasteiger partial charge in [0.15, 0.2) is 6.10 Å². The van der Waals surface area contributed by atoms with E-state index in [9.17, 15) is 4.79 Å². The maximum absolute atomic E-state index is 11.5. The molecule has 0 saturated carbocycles. The van der Waals surface area contributed by atoms with Crippen molar-refractivity contribution in [1.82, 2.24) is 0 Å². The van der Waals surface area contributed by atoms with E-state index in [-0.39, 0.29) is 5.91 Å². The van der Waals surface area contributed by atoms with Gasteiger partial charge in [-0.05, 0) is 38.0 Å². The lowest BCUT2D eigenvalue weighted by Gasteiger charge is -2.26. The van der Waals surface area contributed by atoms with Crippen LogP contribution in [0.25, 0.3) is 0 Å². The maximum Gasteiger partial charge on any atom is 0.265 e. The van der Waals surface area contributed by atoms with Gasteiger partial charge in [0, 0.05) is 4.47 Å². The molecule has 1 aliphatic rings. The molecule has 80 valence electrons. The molecule has 1 aliphatic heterocycles. The first kappa shape index (κ1) is 10.5. The molecule has 1 amide bonds. The fourth-order valence-electron chi connectivity index (χ4n) is 1.61. The quantitative estimate of drug-likeness (QED) is 0.787. The number of amides is 1. The number of benzene rings is 1. The number of aryl methyl sites for hydroxylation is 1. The largest absolute Gasteiger partial charge is 0.478 e. The molecule has 0 aromatic heterocycles. The second-order valence-corrected chi connectivity index (χ2v) is 4.61. The lowest BCUT2D eigenvalue weighted by atomic mass is 10.1. The smallest absolute Gasteiger partial charge is 0.265 e. The van der Waals surface area contributed by atoms with Crippen molar-refractivity contribution in [3.8, 4) is 5.75 Å². The normalized spacial score (nSPS) is 19.2. The topological polar surface area (TPSA) is 38.3 Å². The van der Waals surface area contributed by atoms with Crippen molar-refractivity contribution in [1.29, 1.82) is 0 Å². The van der Waals surface area contributed by atoms with Crippen molar-refractivity contribution in [2.75, 3.05) is 5.32 Å². The van der Waals surface area contributed by atoms with Gasteiger partial charge in [-0.15, -0.1) is 0 Å². The number of carbonyl (C=O) groups is 1. The minimum absolute atomic E-state index is 0.0944. The van der Waals surface area contributed by atoms with Gasteiger partial charge in [-0.2, -0.15) is 0 Å². The molecule has 1 heterocycles. The van der Waals surface area contributed by atoms with Crippen LogP contribution in [-0.2, 0) is 4.79 Å². The van der Waals surface area contributed by atoms with Crippen molar-refractivity contribution in [2.45, 2.75) is 26.9 Å². The van der Waals surface area contributed by atoms with Crippen LogP contribution in [0.5, 0.6) is 5.75 Å². The number of fused-ring (bicyclic) bond motifs is 1. The Bertz CT molecular complexity index is 443.